The van der Waals surface area contributed by atoms with E-state index in [1.165, 1.54) is 12.1 Å². The van der Waals surface area contributed by atoms with Gasteiger partial charge in [0, 0.05) is 80.4 Å². The van der Waals surface area contributed by atoms with Gasteiger partial charge in [-0.1, -0.05) is 26.0 Å². The maximum atomic E-state index is 10.3. The molecule has 4 N–H and O–H groups in total. The third kappa shape index (κ3) is 5.25. The first-order valence-electron chi connectivity index (χ1n) is 14.6. The summed E-state index contributed by atoms with van der Waals surface area (Å²) in [5.41, 5.74) is 9.62. The Labute approximate surface area is 236 Å². The number of nitrogens with two attached hydrogens (primary N) is 1. The van der Waals surface area contributed by atoms with Gasteiger partial charge in [-0.2, -0.15) is 0 Å². The Morgan fingerprint density at radius 2 is 1.73 bits per heavy atom. The molecule has 2 aromatic heterocycles. The summed E-state index contributed by atoms with van der Waals surface area (Å²) in [4.78, 5) is 11.8. The van der Waals surface area contributed by atoms with Crippen LogP contribution < -0.4 is 25.6 Å². The highest BCUT2D eigenvalue weighted by Gasteiger charge is 2.41. The van der Waals surface area contributed by atoms with Crippen molar-refractivity contribution in [3.05, 3.63) is 48.7 Å². The molecule has 0 radical (unpaired) electrons. The summed E-state index contributed by atoms with van der Waals surface area (Å²) in [6.45, 7) is 9.52. The van der Waals surface area contributed by atoms with Crippen LogP contribution in [0.4, 0.5) is 17.2 Å². The molecule has 4 bridgehead atoms. The molecule has 5 aliphatic heterocycles. The summed E-state index contributed by atoms with van der Waals surface area (Å²) in [5, 5.41) is 22.4. The molecule has 3 aromatic rings. The van der Waals surface area contributed by atoms with E-state index in [0.29, 0.717) is 53.7 Å². The summed E-state index contributed by atoms with van der Waals surface area (Å²) < 4.78 is 6.09. The zero-order valence-corrected chi connectivity index (χ0v) is 23.4. The van der Waals surface area contributed by atoms with Crippen LogP contribution in [0, 0.1) is 0 Å². The Bertz CT molecular complexity index is 1290. The van der Waals surface area contributed by atoms with Crippen molar-refractivity contribution in [1.29, 1.82) is 0 Å². The van der Waals surface area contributed by atoms with E-state index in [9.17, 15) is 5.11 Å². The quantitative estimate of drug-likeness (QED) is 0.410. The van der Waals surface area contributed by atoms with E-state index in [1.54, 1.807) is 12.1 Å². The Morgan fingerprint density at radius 3 is 2.45 bits per heavy atom. The number of anilines is 3. The fourth-order valence-corrected chi connectivity index (χ4v) is 6.69. The summed E-state index contributed by atoms with van der Waals surface area (Å²) in [6.07, 6.45) is 5.42. The van der Waals surface area contributed by atoms with E-state index in [2.05, 4.69) is 47.3 Å². The van der Waals surface area contributed by atoms with Crippen LogP contribution in [-0.4, -0.2) is 88.7 Å². The smallest absolute Gasteiger partial charge is 0.215 e. The minimum atomic E-state index is 0.183. The number of hydrogen-bond donors (Lipinski definition) is 3. The van der Waals surface area contributed by atoms with Gasteiger partial charge in [-0.3, -0.25) is 4.90 Å². The first-order valence-corrected chi connectivity index (χ1v) is 14.6. The van der Waals surface area contributed by atoms with Gasteiger partial charge in [0.25, 0.3) is 0 Å². The summed E-state index contributed by atoms with van der Waals surface area (Å²) >= 11 is 0. The minimum absolute atomic E-state index is 0.183. The summed E-state index contributed by atoms with van der Waals surface area (Å²) in [5.74, 6) is 1.29. The SMILES string of the molecule is CC.Nc1nnc(-c2ccccc2O)cc1N1CC2CCC(C1)N2c1ccnc(OCCN2CC3CC(C2)N3)c1. The first kappa shape index (κ1) is 26.6. The van der Waals surface area contributed by atoms with Gasteiger partial charge in [-0.15, -0.1) is 10.2 Å². The highest BCUT2D eigenvalue weighted by Crippen LogP contribution is 2.39. The number of nitrogen functional groups attached to an aromatic ring is 1. The number of phenols is 1. The second-order valence-electron chi connectivity index (χ2n) is 11.0. The predicted octanol–water partition coefficient (Wildman–Crippen LogP) is 3.14. The maximum absolute atomic E-state index is 10.3. The highest BCUT2D eigenvalue weighted by atomic mass is 16.5. The van der Waals surface area contributed by atoms with Crippen molar-refractivity contribution >= 4 is 17.2 Å². The molecule has 1 aromatic carbocycles. The molecule has 212 valence electrons. The number of nitrogens with zero attached hydrogens (tertiary/aromatic N) is 6. The lowest BCUT2D eigenvalue weighted by Gasteiger charge is -2.48. The number of aromatic nitrogens is 3. The number of para-hydroxylation sites is 1. The van der Waals surface area contributed by atoms with Gasteiger partial charge in [0.15, 0.2) is 5.82 Å². The molecular weight excluding hydrogens is 504 g/mol. The van der Waals surface area contributed by atoms with Crippen LogP contribution >= 0.6 is 0 Å². The molecule has 40 heavy (non-hydrogen) atoms. The molecule has 4 atom stereocenters. The van der Waals surface area contributed by atoms with Gasteiger partial charge in [0.1, 0.15) is 12.4 Å². The molecule has 0 spiro atoms. The summed E-state index contributed by atoms with van der Waals surface area (Å²) in [6, 6.07) is 15.4. The van der Waals surface area contributed by atoms with Gasteiger partial charge in [0.05, 0.1) is 11.4 Å². The predicted molar refractivity (Wildman–Crippen MR) is 158 cm³/mol. The molecular formula is C30H40N8O2. The number of hydrogen-bond acceptors (Lipinski definition) is 10. The molecule has 10 heteroatoms. The lowest BCUT2D eigenvalue weighted by molar-refractivity contribution is 0.0669. The van der Waals surface area contributed by atoms with E-state index in [0.717, 1.165) is 51.3 Å². The second-order valence-corrected chi connectivity index (χ2v) is 11.0. The number of benzene rings is 1. The van der Waals surface area contributed by atoms with E-state index >= 15 is 0 Å². The monoisotopic (exact) mass is 544 g/mol. The van der Waals surface area contributed by atoms with Crippen LogP contribution in [0.25, 0.3) is 11.3 Å². The van der Waals surface area contributed by atoms with Crippen molar-refractivity contribution in [3.8, 4) is 22.9 Å². The fraction of sp³-hybridized carbons (Fsp3) is 0.500. The lowest BCUT2D eigenvalue weighted by atomic mass is 9.91. The van der Waals surface area contributed by atoms with Crippen molar-refractivity contribution in [2.75, 3.05) is 54.9 Å². The number of ether oxygens (including phenoxy) is 1. The largest absolute Gasteiger partial charge is 0.507 e. The van der Waals surface area contributed by atoms with Crippen LogP contribution in [0.5, 0.6) is 11.6 Å². The number of aromatic hydroxyl groups is 1. The van der Waals surface area contributed by atoms with Crippen LogP contribution in [0.3, 0.4) is 0 Å². The van der Waals surface area contributed by atoms with Gasteiger partial charge in [-0.05, 0) is 43.5 Å². The van der Waals surface area contributed by atoms with E-state index < -0.39 is 0 Å². The van der Waals surface area contributed by atoms with Gasteiger partial charge in [-0.25, -0.2) is 4.98 Å². The first-order chi connectivity index (χ1) is 19.6. The second kappa shape index (κ2) is 11.5. The lowest BCUT2D eigenvalue weighted by Crippen LogP contribution is -2.67. The molecule has 0 amide bonds. The third-order valence-corrected chi connectivity index (χ3v) is 8.48. The minimum Gasteiger partial charge on any atom is -0.507 e. The van der Waals surface area contributed by atoms with Crippen molar-refractivity contribution < 1.29 is 9.84 Å². The Kier molecular flexibility index (Phi) is 7.62. The average Bonchev–Trinajstić information content (AvgIpc) is 3.24. The van der Waals surface area contributed by atoms with E-state index in [-0.39, 0.29) is 5.75 Å². The molecule has 5 saturated heterocycles. The number of nitrogens with one attached hydrogen (secondary N) is 1. The zero-order valence-electron chi connectivity index (χ0n) is 23.4. The average molecular weight is 545 g/mol. The van der Waals surface area contributed by atoms with Crippen LogP contribution in [0.1, 0.15) is 33.1 Å². The van der Waals surface area contributed by atoms with Gasteiger partial charge in [0.2, 0.25) is 5.88 Å². The number of fused-ring (bicyclic) bond motifs is 4. The highest BCUT2D eigenvalue weighted by molar-refractivity contribution is 5.74. The third-order valence-electron chi connectivity index (χ3n) is 8.48. The number of phenolic OH excluding ortho intramolecular Hbond substituents is 1. The van der Waals surface area contributed by atoms with Crippen molar-refractivity contribution in [2.24, 2.45) is 0 Å². The van der Waals surface area contributed by atoms with Crippen LogP contribution in [0.2, 0.25) is 0 Å². The van der Waals surface area contributed by atoms with Crippen molar-refractivity contribution in [1.82, 2.24) is 25.4 Å². The Morgan fingerprint density at radius 1 is 1.00 bits per heavy atom. The van der Waals surface area contributed by atoms with E-state index in [1.807, 2.05) is 38.2 Å². The number of piperidine rings is 1. The van der Waals surface area contributed by atoms with Crippen molar-refractivity contribution in [2.45, 2.75) is 57.3 Å². The van der Waals surface area contributed by atoms with Gasteiger partial charge >= 0.3 is 0 Å². The molecule has 10 nitrogen and oxygen atoms in total. The van der Waals surface area contributed by atoms with E-state index in [4.69, 9.17) is 10.5 Å². The number of rotatable bonds is 7. The molecule has 5 fully saturated rings. The number of pyridine rings is 1. The topological polar surface area (TPSA) is 116 Å². The molecule has 5 aliphatic rings. The maximum Gasteiger partial charge on any atom is 0.215 e. The zero-order chi connectivity index (χ0) is 27.6. The van der Waals surface area contributed by atoms with Crippen molar-refractivity contribution in [3.63, 3.8) is 0 Å². The van der Waals surface area contributed by atoms with Crippen LogP contribution in [-0.2, 0) is 0 Å². The number of piperazine rings is 2. The summed E-state index contributed by atoms with van der Waals surface area (Å²) in [7, 11) is 0. The molecule has 8 rings (SSSR count). The Hall–Kier alpha value is -3.63. The molecule has 4 unspecified atom stereocenters. The Balaban J connectivity index is 0.00000142. The standard InChI is InChI=1S/C28H34N8O2.C2H6/c29-28-25(13-24(32-33-28)23-3-1-2-4-26(23)37)35-16-21-5-6-22(17-35)36(21)20-7-8-30-27(12-20)38-10-9-34-14-18-11-19(15-34)31-18;1-2/h1-4,7-8,12-13,18-19,21-22,31,37H,5-6,9-11,14-17H2,(H2,29,33);1-2H3. The van der Waals surface area contributed by atoms with Crippen LogP contribution in [0.15, 0.2) is 48.7 Å². The normalized spacial score (nSPS) is 25.1. The fourth-order valence-electron chi connectivity index (χ4n) is 6.69. The molecule has 7 heterocycles. The van der Waals surface area contributed by atoms with Gasteiger partial charge < -0.3 is 30.7 Å². The molecule has 0 saturated carbocycles. The molecule has 0 aliphatic carbocycles.